The zero-order chi connectivity index (χ0) is 13.2. The highest BCUT2D eigenvalue weighted by molar-refractivity contribution is 6.06. The molecular formula is C14H12N4O. The molecule has 0 amide bonds. The normalized spacial score (nSPS) is 10.8. The van der Waals surface area contributed by atoms with Crippen LogP contribution in [-0.4, -0.2) is 25.3 Å². The fourth-order valence-electron chi connectivity index (χ4n) is 2.02. The van der Waals surface area contributed by atoms with Crippen molar-refractivity contribution in [1.29, 1.82) is 0 Å². The van der Waals surface area contributed by atoms with Gasteiger partial charge in [0, 0.05) is 37.4 Å². The molecule has 0 aliphatic heterocycles. The molecule has 5 heteroatoms. The number of aromatic nitrogens is 4. The van der Waals surface area contributed by atoms with Crippen LogP contribution in [-0.2, 0) is 13.5 Å². The standard InChI is InChI=1S/C14H12N4O/c1-18-8-7-16-13(18)9-12(19)10-3-2-4-11-14(10)17-6-5-15-11/h2-8H,9H2,1H3. The Morgan fingerprint density at radius 1 is 1.16 bits per heavy atom. The lowest BCUT2D eigenvalue weighted by atomic mass is 10.1. The lowest BCUT2D eigenvalue weighted by molar-refractivity contribution is 0.0991. The van der Waals surface area contributed by atoms with Gasteiger partial charge in [0.15, 0.2) is 5.78 Å². The van der Waals surface area contributed by atoms with Crippen LogP contribution in [0.25, 0.3) is 11.0 Å². The summed E-state index contributed by atoms with van der Waals surface area (Å²) in [6.07, 6.45) is 6.99. The number of carbonyl (C=O) groups excluding carboxylic acids is 1. The molecule has 0 saturated heterocycles. The van der Waals surface area contributed by atoms with E-state index in [0.29, 0.717) is 11.1 Å². The zero-order valence-corrected chi connectivity index (χ0v) is 10.4. The van der Waals surface area contributed by atoms with E-state index in [1.165, 1.54) is 0 Å². The summed E-state index contributed by atoms with van der Waals surface area (Å²) in [6.45, 7) is 0. The molecule has 0 saturated carbocycles. The van der Waals surface area contributed by atoms with Crippen molar-refractivity contribution in [1.82, 2.24) is 19.5 Å². The Morgan fingerprint density at radius 3 is 2.79 bits per heavy atom. The molecule has 0 atom stereocenters. The molecule has 3 rings (SSSR count). The van der Waals surface area contributed by atoms with Crippen molar-refractivity contribution in [2.75, 3.05) is 0 Å². The Morgan fingerprint density at radius 2 is 2.00 bits per heavy atom. The highest BCUT2D eigenvalue weighted by Gasteiger charge is 2.14. The molecule has 1 aromatic carbocycles. The lowest BCUT2D eigenvalue weighted by Crippen LogP contribution is -2.09. The van der Waals surface area contributed by atoms with Gasteiger partial charge in [0.2, 0.25) is 0 Å². The SMILES string of the molecule is Cn1ccnc1CC(=O)c1cccc2nccnc12. The van der Waals surface area contributed by atoms with Gasteiger partial charge < -0.3 is 4.57 Å². The van der Waals surface area contributed by atoms with E-state index in [-0.39, 0.29) is 12.2 Å². The monoisotopic (exact) mass is 252 g/mol. The van der Waals surface area contributed by atoms with Crippen LogP contribution in [0, 0.1) is 0 Å². The minimum absolute atomic E-state index is 0.000370. The maximum Gasteiger partial charge on any atom is 0.172 e. The van der Waals surface area contributed by atoms with Gasteiger partial charge in [0.05, 0.1) is 17.5 Å². The predicted molar refractivity (Wildman–Crippen MR) is 70.8 cm³/mol. The van der Waals surface area contributed by atoms with Gasteiger partial charge in [-0.15, -0.1) is 0 Å². The van der Waals surface area contributed by atoms with Gasteiger partial charge in [0.25, 0.3) is 0 Å². The Balaban J connectivity index is 2.00. The summed E-state index contributed by atoms with van der Waals surface area (Å²) in [5.41, 5.74) is 1.96. The van der Waals surface area contributed by atoms with Gasteiger partial charge in [-0.1, -0.05) is 6.07 Å². The third kappa shape index (κ3) is 2.10. The molecule has 2 aromatic heterocycles. The van der Waals surface area contributed by atoms with E-state index in [1.807, 2.05) is 29.9 Å². The number of nitrogens with zero attached hydrogens (tertiary/aromatic N) is 4. The molecule has 0 N–H and O–H groups in total. The number of ketones is 1. The first kappa shape index (κ1) is 11.5. The number of Topliss-reactive ketones (excluding diaryl/α,β-unsaturated/α-hetero) is 1. The van der Waals surface area contributed by atoms with E-state index in [1.54, 1.807) is 24.7 Å². The molecule has 94 valence electrons. The second-order valence-electron chi connectivity index (χ2n) is 4.28. The zero-order valence-electron chi connectivity index (χ0n) is 10.4. The van der Waals surface area contributed by atoms with E-state index in [9.17, 15) is 4.79 Å². The molecular weight excluding hydrogens is 240 g/mol. The van der Waals surface area contributed by atoms with Crippen LogP contribution in [0.15, 0.2) is 43.0 Å². The van der Waals surface area contributed by atoms with Crippen molar-refractivity contribution in [3.63, 3.8) is 0 Å². The number of fused-ring (bicyclic) bond motifs is 1. The Hall–Kier alpha value is -2.56. The van der Waals surface area contributed by atoms with Crippen LogP contribution in [0.4, 0.5) is 0 Å². The molecule has 0 unspecified atom stereocenters. The van der Waals surface area contributed by atoms with Crippen molar-refractivity contribution in [3.05, 3.63) is 54.4 Å². The average Bonchev–Trinajstić information content (AvgIpc) is 2.83. The van der Waals surface area contributed by atoms with Crippen LogP contribution in [0.1, 0.15) is 16.2 Å². The lowest BCUT2D eigenvalue weighted by Gasteiger charge is -2.04. The van der Waals surface area contributed by atoms with Gasteiger partial charge in [-0.2, -0.15) is 0 Å². The Kier molecular flexibility index (Phi) is 2.79. The molecule has 0 fully saturated rings. The van der Waals surface area contributed by atoms with Crippen molar-refractivity contribution >= 4 is 16.8 Å². The summed E-state index contributed by atoms with van der Waals surface area (Å²) in [4.78, 5) is 25.0. The number of carbonyl (C=O) groups is 1. The topological polar surface area (TPSA) is 60.7 Å². The van der Waals surface area contributed by atoms with Gasteiger partial charge >= 0.3 is 0 Å². The number of aryl methyl sites for hydroxylation is 1. The maximum atomic E-state index is 12.4. The van der Waals surface area contributed by atoms with Gasteiger partial charge in [0.1, 0.15) is 5.82 Å². The van der Waals surface area contributed by atoms with Crippen molar-refractivity contribution in [2.24, 2.45) is 7.05 Å². The second-order valence-corrected chi connectivity index (χ2v) is 4.28. The number of para-hydroxylation sites is 1. The number of hydrogen-bond donors (Lipinski definition) is 0. The maximum absolute atomic E-state index is 12.4. The number of benzene rings is 1. The first-order chi connectivity index (χ1) is 9.25. The fraction of sp³-hybridized carbons (Fsp3) is 0.143. The second kappa shape index (κ2) is 4.61. The highest BCUT2D eigenvalue weighted by atomic mass is 16.1. The summed E-state index contributed by atoms with van der Waals surface area (Å²) < 4.78 is 1.84. The summed E-state index contributed by atoms with van der Waals surface area (Å²) in [7, 11) is 1.87. The van der Waals surface area contributed by atoms with E-state index >= 15 is 0 Å². The largest absolute Gasteiger partial charge is 0.338 e. The third-order valence-electron chi connectivity index (χ3n) is 3.04. The summed E-state index contributed by atoms with van der Waals surface area (Å²) in [5.74, 6) is 0.742. The van der Waals surface area contributed by atoms with E-state index in [2.05, 4.69) is 15.0 Å². The molecule has 0 radical (unpaired) electrons. The molecule has 0 bridgehead atoms. The van der Waals surface area contributed by atoms with Crippen LogP contribution >= 0.6 is 0 Å². The van der Waals surface area contributed by atoms with E-state index < -0.39 is 0 Å². The van der Waals surface area contributed by atoms with E-state index in [4.69, 9.17) is 0 Å². The van der Waals surface area contributed by atoms with Crippen molar-refractivity contribution in [2.45, 2.75) is 6.42 Å². The number of hydrogen-bond acceptors (Lipinski definition) is 4. The average molecular weight is 252 g/mol. The van der Waals surface area contributed by atoms with Crippen molar-refractivity contribution < 1.29 is 4.79 Å². The molecule has 19 heavy (non-hydrogen) atoms. The summed E-state index contributed by atoms with van der Waals surface area (Å²) in [5, 5.41) is 0. The van der Waals surface area contributed by atoms with E-state index in [0.717, 1.165) is 11.3 Å². The Labute approximate surface area is 110 Å². The molecule has 0 aliphatic carbocycles. The molecule has 0 aliphatic rings. The van der Waals surface area contributed by atoms with Gasteiger partial charge in [-0.05, 0) is 12.1 Å². The summed E-state index contributed by atoms with van der Waals surface area (Å²) >= 11 is 0. The predicted octanol–water partition coefficient (Wildman–Crippen LogP) is 1.79. The van der Waals surface area contributed by atoms with Crippen LogP contribution in [0.2, 0.25) is 0 Å². The highest BCUT2D eigenvalue weighted by Crippen LogP contribution is 2.15. The smallest absolute Gasteiger partial charge is 0.172 e. The number of imidazole rings is 1. The molecule has 3 aromatic rings. The Bertz CT molecular complexity index is 743. The van der Waals surface area contributed by atoms with Crippen molar-refractivity contribution in [3.8, 4) is 0 Å². The van der Waals surface area contributed by atoms with Crippen LogP contribution in [0.3, 0.4) is 0 Å². The van der Waals surface area contributed by atoms with Crippen LogP contribution < -0.4 is 0 Å². The minimum atomic E-state index is 0.000370. The minimum Gasteiger partial charge on any atom is -0.338 e. The van der Waals surface area contributed by atoms with Gasteiger partial charge in [-0.25, -0.2) is 4.98 Å². The fourth-order valence-corrected chi connectivity index (χ4v) is 2.02. The van der Waals surface area contributed by atoms with Gasteiger partial charge in [-0.3, -0.25) is 14.8 Å². The molecule has 0 spiro atoms. The first-order valence-corrected chi connectivity index (χ1v) is 5.95. The third-order valence-corrected chi connectivity index (χ3v) is 3.04. The quantitative estimate of drug-likeness (QED) is 0.667. The molecule has 2 heterocycles. The number of rotatable bonds is 3. The summed E-state index contributed by atoms with van der Waals surface area (Å²) in [6, 6.07) is 5.45. The molecule has 5 nitrogen and oxygen atoms in total. The van der Waals surface area contributed by atoms with Crippen LogP contribution in [0.5, 0.6) is 0 Å². The first-order valence-electron chi connectivity index (χ1n) is 5.95.